The standard InChI is InChI=1S/C26H28F2N4O/c1-18-9-10-21(27)19(15-18)16-31-14-11-23-20(17-31)25(33-24-8-4-3-7-22(24)28)30-26(29-23)32-12-5-2-6-13-32/h3-4,7-10,15H,2,5-6,11-14,16-17H2,1H3. The predicted octanol–water partition coefficient (Wildman–Crippen LogP) is 5.40. The van der Waals surface area contributed by atoms with Crippen molar-refractivity contribution in [1.82, 2.24) is 14.9 Å². The number of benzene rings is 2. The van der Waals surface area contributed by atoms with Crippen LogP contribution in [0.2, 0.25) is 0 Å². The average molecular weight is 451 g/mol. The fourth-order valence-electron chi connectivity index (χ4n) is 4.58. The number of fused-ring (bicyclic) bond motifs is 1. The third-order valence-corrected chi connectivity index (χ3v) is 6.37. The number of ether oxygens (including phenoxy) is 1. The third-order valence-electron chi connectivity index (χ3n) is 6.37. The first-order valence-electron chi connectivity index (χ1n) is 11.6. The van der Waals surface area contributed by atoms with Crippen molar-refractivity contribution in [2.45, 2.75) is 45.7 Å². The van der Waals surface area contributed by atoms with Crippen LogP contribution in [0, 0.1) is 18.6 Å². The van der Waals surface area contributed by atoms with Crippen LogP contribution in [0.15, 0.2) is 42.5 Å². The average Bonchev–Trinajstić information content (AvgIpc) is 2.83. The van der Waals surface area contributed by atoms with Crippen LogP contribution in [0.1, 0.15) is 41.6 Å². The number of aromatic nitrogens is 2. The maximum atomic E-state index is 14.4. The summed E-state index contributed by atoms with van der Waals surface area (Å²) < 4.78 is 34.8. The summed E-state index contributed by atoms with van der Waals surface area (Å²) in [6.07, 6.45) is 4.14. The van der Waals surface area contributed by atoms with Gasteiger partial charge >= 0.3 is 0 Å². The summed E-state index contributed by atoms with van der Waals surface area (Å²) >= 11 is 0. The van der Waals surface area contributed by atoms with Crippen LogP contribution in [-0.2, 0) is 19.5 Å². The molecule has 33 heavy (non-hydrogen) atoms. The van der Waals surface area contributed by atoms with Gasteiger partial charge in [0.15, 0.2) is 11.6 Å². The first-order valence-corrected chi connectivity index (χ1v) is 11.6. The summed E-state index contributed by atoms with van der Waals surface area (Å²) in [5.74, 6) is 0.549. The molecule has 0 saturated carbocycles. The molecule has 2 aromatic carbocycles. The zero-order chi connectivity index (χ0) is 22.8. The first-order chi connectivity index (χ1) is 16.1. The van der Waals surface area contributed by atoms with Crippen molar-refractivity contribution in [3.05, 3.63) is 76.5 Å². The molecule has 0 spiro atoms. The van der Waals surface area contributed by atoms with E-state index in [0.717, 1.165) is 49.3 Å². The molecule has 2 aliphatic heterocycles. The lowest BCUT2D eigenvalue weighted by molar-refractivity contribution is 0.234. The van der Waals surface area contributed by atoms with Crippen molar-refractivity contribution in [2.75, 3.05) is 24.5 Å². The van der Waals surface area contributed by atoms with Crippen molar-refractivity contribution in [1.29, 1.82) is 0 Å². The van der Waals surface area contributed by atoms with Crippen molar-refractivity contribution in [3.8, 4) is 11.6 Å². The van der Waals surface area contributed by atoms with E-state index in [1.54, 1.807) is 24.3 Å². The van der Waals surface area contributed by atoms with E-state index >= 15 is 0 Å². The molecule has 1 fully saturated rings. The van der Waals surface area contributed by atoms with E-state index in [9.17, 15) is 8.78 Å². The Balaban J connectivity index is 1.47. The number of nitrogens with zero attached hydrogens (tertiary/aromatic N) is 4. The Kier molecular flexibility index (Phi) is 6.22. The predicted molar refractivity (Wildman–Crippen MR) is 124 cm³/mol. The number of halogens is 2. The molecular weight excluding hydrogens is 422 g/mol. The maximum Gasteiger partial charge on any atom is 0.229 e. The number of piperidine rings is 1. The smallest absolute Gasteiger partial charge is 0.229 e. The van der Waals surface area contributed by atoms with Gasteiger partial charge in [0.05, 0.1) is 11.3 Å². The molecular formula is C26H28F2N4O. The second-order valence-corrected chi connectivity index (χ2v) is 8.89. The molecule has 0 unspecified atom stereocenters. The fraction of sp³-hybridized carbons (Fsp3) is 0.385. The van der Waals surface area contributed by atoms with E-state index in [1.807, 2.05) is 13.0 Å². The third kappa shape index (κ3) is 4.83. The molecule has 172 valence electrons. The van der Waals surface area contributed by atoms with Gasteiger partial charge in [0, 0.05) is 44.7 Å². The summed E-state index contributed by atoms with van der Waals surface area (Å²) in [6.45, 7) is 5.56. The van der Waals surface area contributed by atoms with Gasteiger partial charge in [-0.1, -0.05) is 29.8 Å². The molecule has 5 nitrogen and oxygen atoms in total. The van der Waals surface area contributed by atoms with E-state index in [0.29, 0.717) is 36.9 Å². The molecule has 5 rings (SSSR count). The van der Waals surface area contributed by atoms with E-state index in [-0.39, 0.29) is 11.6 Å². The van der Waals surface area contributed by atoms with Crippen LogP contribution in [0.4, 0.5) is 14.7 Å². The van der Waals surface area contributed by atoms with Crippen LogP contribution in [0.5, 0.6) is 11.6 Å². The van der Waals surface area contributed by atoms with Gasteiger partial charge in [-0.3, -0.25) is 4.90 Å². The molecule has 2 aliphatic rings. The Hall–Kier alpha value is -3.06. The number of aryl methyl sites for hydroxylation is 1. The van der Waals surface area contributed by atoms with E-state index in [4.69, 9.17) is 14.7 Å². The maximum absolute atomic E-state index is 14.4. The Morgan fingerprint density at radius 3 is 2.58 bits per heavy atom. The van der Waals surface area contributed by atoms with Crippen molar-refractivity contribution >= 4 is 5.95 Å². The number of para-hydroxylation sites is 1. The van der Waals surface area contributed by atoms with Crippen LogP contribution in [0.3, 0.4) is 0 Å². The Bertz CT molecular complexity index is 1150. The fourth-order valence-corrected chi connectivity index (χ4v) is 4.58. The highest BCUT2D eigenvalue weighted by Crippen LogP contribution is 2.33. The highest BCUT2D eigenvalue weighted by atomic mass is 19.1. The van der Waals surface area contributed by atoms with Gasteiger partial charge in [0.25, 0.3) is 0 Å². The molecule has 0 N–H and O–H groups in total. The molecule has 0 bridgehead atoms. The van der Waals surface area contributed by atoms with Crippen molar-refractivity contribution < 1.29 is 13.5 Å². The van der Waals surface area contributed by atoms with Gasteiger partial charge in [-0.25, -0.2) is 13.8 Å². The van der Waals surface area contributed by atoms with Gasteiger partial charge < -0.3 is 9.64 Å². The summed E-state index contributed by atoms with van der Waals surface area (Å²) in [6, 6.07) is 11.5. The molecule has 3 heterocycles. The summed E-state index contributed by atoms with van der Waals surface area (Å²) in [4.78, 5) is 14.0. The topological polar surface area (TPSA) is 41.5 Å². The number of hydrogen-bond acceptors (Lipinski definition) is 5. The lowest BCUT2D eigenvalue weighted by Gasteiger charge is -2.32. The molecule has 3 aromatic rings. The number of anilines is 1. The zero-order valence-electron chi connectivity index (χ0n) is 18.9. The van der Waals surface area contributed by atoms with Gasteiger partial charge in [0.2, 0.25) is 11.8 Å². The normalized spacial score (nSPS) is 16.5. The highest BCUT2D eigenvalue weighted by Gasteiger charge is 2.27. The monoisotopic (exact) mass is 450 g/mol. The zero-order valence-corrected chi connectivity index (χ0v) is 18.9. The Morgan fingerprint density at radius 2 is 1.76 bits per heavy atom. The summed E-state index contributed by atoms with van der Waals surface area (Å²) in [7, 11) is 0. The molecule has 0 radical (unpaired) electrons. The minimum atomic E-state index is -0.432. The van der Waals surface area contributed by atoms with Gasteiger partial charge in [-0.05, 0) is 44.4 Å². The molecule has 0 atom stereocenters. The van der Waals surface area contributed by atoms with Crippen LogP contribution >= 0.6 is 0 Å². The van der Waals surface area contributed by atoms with Crippen LogP contribution in [0.25, 0.3) is 0 Å². The molecule has 1 saturated heterocycles. The van der Waals surface area contributed by atoms with Gasteiger partial charge in [-0.15, -0.1) is 0 Å². The second kappa shape index (κ2) is 9.43. The molecule has 7 heteroatoms. The van der Waals surface area contributed by atoms with Crippen molar-refractivity contribution in [3.63, 3.8) is 0 Å². The van der Waals surface area contributed by atoms with Crippen LogP contribution in [-0.4, -0.2) is 34.5 Å². The Morgan fingerprint density at radius 1 is 0.939 bits per heavy atom. The van der Waals surface area contributed by atoms with E-state index < -0.39 is 5.82 Å². The first kappa shape index (κ1) is 21.8. The van der Waals surface area contributed by atoms with Gasteiger partial charge in [-0.2, -0.15) is 4.98 Å². The van der Waals surface area contributed by atoms with Crippen LogP contribution < -0.4 is 9.64 Å². The van der Waals surface area contributed by atoms with Crippen molar-refractivity contribution in [2.24, 2.45) is 0 Å². The SMILES string of the molecule is Cc1ccc(F)c(CN2CCc3nc(N4CCCCC4)nc(Oc4ccccc4F)c3C2)c1. The largest absolute Gasteiger partial charge is 0.435 e. The molecule has 0 aliphatic carbocycles. The van der Waals surface area contributed by atoms with E-state index in [2.05, 4.69) is 9.80 Å². The highest BCUT2D eigenvalue weighted by molar-refractivity contribution is 5.44. The molecule has 0 amide bonds. The molecule has 1 aromatic heterocycles. The summed E-state index contributed by atoms with van der Waals surface area (Å²) in [5.41, 5.74) is 3.47. The quantitative estimate of drug-likeness (QED) is 0.520. The minimum Gasteiger partial charge on any atom is -0.435 e. The summed E-state index contributed by atoms with van der Waals surface area (Å²) in [5, 5.41) is 0. The van der Waals surface area contributed by atoms with E-state index in [1.165, 1.54) is 18.6 Å². The minimum absolute atomic E-state index is 0.143. The second-order valence-electron chi connectivity index (χ2n) is 8.89. The number of rotatable bonds is 5. The Labute approximate surface area is 193 Å². The van der Waals surface area contributed by atoms with Gasteiger partial charge in [0.1, 0.15) is 5.82 Å². The lowest BCUT2D eigenvalue weighted by atomic mass is 10.0. The number of hydrogen-bond donors (Lipinski definition) is 0. The lowest BCUT2D eigenvalue weighted by Crippen LogP contribution is -2.34.